The van der Waals surface area contributed by atoms with Gasteiger partial charge in [-0.2, -0.15) is 0 Å². The van der Waals surface area contributed by atoms with Gasteiger partial charge in [-0.05, 0) is 45.4 Å². The van der Waals surface area contributed by atoms with Crippen LogP contribution in [0.15, 0.2) is 35.1 Å². The van der Waals surface area contributed by atoms with Crippen LogP contribution in [0.1, 0.15) is 47.3 Å². The minimum absolute atomic E-state index is 0.151. The van der Waals surface area contributed by atoms with Gasteiger partial charge in [-0.25, -0.2) is 4.98 Å². The summed E-state index contributed by atoms with van der Waals surface area (Å²) in [6.45, 7) is 6.38. The van der Waals surface area contributed by atoms with Crippen molar-refractivity contribution in [1.82, 2.24) is 14.5 Å². The molecule has 0 amide bonds. The molecule has 3 aromatic rings. The molecule has 152 valence electrons. The molecule has 0 saturated carbocycles. The number of benzene rings is 1. The Labute approximate surface area is 168 Å². The van der Waals surface area contributed by atoms with E-state index in [0.717, 1.165) is 17.9 Å². The zero-order chi connectivity index (χ0) is 21.0. The number of aromatic nitrogens is 3. The molecule has 0 unspecified atom stereocenters. The summed E-state index contributed by atoms with van der Waals surface area (Å²) in [5.41, 5.74) is 2.93. The third-order valence-corrected chi connectivity index (χ3v) is 5.01. The van der Waals surface area contributed by atoms with Crippen molar-refractivity contribution in [2.45, 2.75) is 46.6 Å². The number of carbonyl (C=O) groups is 2. The molecular formula is C22H25N3O4. The van der Waals surface area contributed by atoms with Crippen LogP contribution in [0, 0.1) is 13.8 Å². The Balaban J connectivity index is 1.50. The number of nitrogens with one attached hydrogen (secondary N) is 1. The Morgan fingerprint density at radius 3 is 2.69 bits per heavy atom. The van der Waals surface area contributed by atoms with Gasteiger partial charge in [0.15, 0.2) is 6.61 Å². The molecule has 0 radical (unpaired) electrons. The number of rotatable bonds is 8. The smallest absolute Gasteiger partial charge is 0.306 e. The number of esters is 1. The molecule has 2 aromatic heterocycles. The first-order valence-electron chi connectivity index (χ1n) is 9.74. The average Bonchev–Trinajstić information content (AvgIpc) is 2.99. The second kappa shape index (κ2) is 8.86. The van der Waals surface area contributed by atoms with Crippen molar-refractivity contribution in [2.24, 2.45) is 0 Å². The van der Waals surface area contributed by atoms with Crippen molar-refractivity contribution < 1.29 is 14.3 Å². The van der Waals surface area contributed by atoms with Gasteiger partial charge >= 0.3 is 5.97 Å². The summed E-state index contributed by atoms with van der Waals surface area (Å²) < 4.78 is 7.19. The SMILES string of the molecule is CCn1c(C)cc(C(=O)COC(=O)CCCc2nc3ccccc3c(=O)[nH]2)c1C. The zero-order valence-electron chi connectivity index (χ0n) is 16.9. The van der Waals surface area contributed by atoms with Gasteiger partial charge in [0, 0.05) is 36.3 Å². The molecule has 2 heterocycles. The molecule has 7 nitrogen and oxygen atoms in total. The molecule has 1 aromatic carbocycles. The lowest BCUT2D eigenvalue weighted by molar-refractivity contribution is -0.142. The van der Waals surface area contributed by atoms with Gasteiger partial charge in [0.05, 0.1) is 10.9 Å². The van der Waals surface area contributed by atoms with Crippen LogP contribution in [0.3, 0.4) is 0 Å². The van der Waals surface area contributed by atoms with E-state index >= 15 is 0 Å². The zero-order valence-corrected chi connectivity index (χ0v) is 16.9. The first-order chi connectivity index (χ1) is 13.9. The maximum atomic E-state index is 12.4. The monoisotopic (exact) mass is 395 g/mol. The minimum Gasteiger partial charge on any atom is -0.457 e. The summed E-state index contributed by atoms with van der Waals surface area (Å²) in [4.78, 5) is 43.6. The van der Waals surface area contributed by atoms with Crippen molar-refractivity contribution in [3.05, 3.63) is 63.5 Å². The number of nitrogens with zero attached hydrogens (tertiary/aromatic N) is 2. The molecule has 0 fully saturated rings. The predicted molar refractivity (Wildman–Crippen MR) is 110 cm³/mol. The summed E-state index contributed by atoms with van der Waals surface area (Å²) in [5.74, 6) is -0.109. The van der Waals surface area contributed by atoms with Gasteiger partial charge in [-0.15, -0.1) is 0 Å². The van der Waals surface area contributed by atoms with Crippen LogP contribution < -0.4 is 5.56 Å². The fraction of sp³-hybridized carbons (Fsp3) is 0.364. The van der Waals surface area contributed by atoms with E-state index in [9.17, 15) is 14.4 Å². The van der Waals surface area contributed by atoms with Crippen LogP contribution in [0.4, 0.5) is 0 Å². The van der Waals surface area contributed by atoms with Gasteiger partial charge < -0.3 is 14.3 Å². The van der Waals surface area contributed by atoms with Crippen molar-refractivity contribution in [2.75, 3.05) is 6.61 Å². The van der Waals surface area contributed by atoms with E-state index < -0.39 is 5.97 Å². The van der Waals surface area contributed by atoms with E-state index in [-0.39, 0.29) is 24.4 Å². The average molecular weight is 395 g/mol. The third-order valence-electron chi connectivity index (χ3n) is 5.01. The number of aromatic amines is 1. The van der Waals surface area contributed by atoms with E-state index in [1.165, 1.54) is 0 Å². The molecule has 0 aliphatic carbocycles. The lowest BCUT2D eigenvalue weighted by atomic mass is 10.1. The number of para-hydroxylation sites is 1. The maximum absolute atomic E-state index is 12.4. The molecule has 0 aliphatic rings. The van der Waals surface area contributed by atoms with Gasteiger partial charge in [0.1, 0.15) is 5.82 Å². The number of aryl methyl sites for hydroxylation is 2. The number of ether oxygens (including phenoxy) is 1. The lowest BCUT2D eigenvalue weighted by Gasteiger charge is -2.07. The van der Waals surface area contributed by atoms with Crippen molar-refractivity contribution in [3.63, 3.8) is 0 Å². The topological polar surface area (TPSA) is 94.0 Å². The highest BCUT2D eigenvalue weighted by Gasteiger charge is 2.16. The van der Waals surface area contributed by atoms with E-state index in [1.54, 1.807) is 18.2 Å². The maximum Gasteiger partial charge on any atom is 0.306 e. The highest BCUT2D eigenvalue weighted by molar-refractivity contribution is 5.99. The Bertz CT molecular complexity index is 1110. The molecule has 29 heavy (non-hydrogen) atoms. The second-order valence-electron chi connectivity index (χ2n) is 7.00. The standard InChI is InChI=1S/C22H25N3O4/c1-4-25-14(2)12-17(15(25)3)19(26)13-29-21(27)11-7-10-20-23-18-9-6-5-8-16(18)22(28)24-20/h5-6,8-9,12H,4,7,10-11,13H2,1-3H3,(H,23,24,28). The number of hydrogen-bond donors (Lipinski definition) is 1. The normalized spacial score (nSPS) is 11.0. The molecule has 1 N–H and O–H groups in total. The summed E-state index contributed by atoms with van der Waals surface area (Å²) in [6, 6.07) is 8.94. The molecule has 0 bridgehead atoms. The molecule has 7 heteroatoms. The Kier molecular flexibility index (Phi) is 6.26. The first kappa shape index (κ1) is 20.5. The summed E-state index contributed by atoms with van der Waals surface area (Å²) in [5, 5.41) is 0.539. The number of hydrogen-bond acceptors (Lipinski definition) is 5. The van der Waals surface area contributed by atoms with E-state index in [0.29, 0.717) is 35.1 Å². The summed E-state index contributed by atoms with van der Waals surface area (Å²) >= 11 is 0. The molecule has 0 atom stereocenters. The van der Waals surface area contributed by atoms with E-state index in [1.807, 2.05) is 37.5 Å². The van der Waals surface area contributed by atoms with Crippen molar-refractivity contribution >= 4 is 22.7 Å². The number of carbonyl (C=O) groups excluding carboxylic acids is 2. The first-order valence-corrected chi connectivity index (χ1v) is 9.74. The number of fused-ring (bicyclic) bond motifs is 1. The summed E-state index contributed by atoms with van der Waals surface area (Å²) in [6.07, 6.45) is 1.07. The molecular weight excluding hydrogens is 370 g/mol. The van der Waals surface area contributed by atoms with Crippen molar-refractivity contribution in [1.29, 1.82) is 0 Å². The highest BCUT2D eigenvalue weighted by Crippen LogP contribution is 2.16. The number of ketones is 1. The van der Waals surface area contributed by atoms with Crippen LogP contribution in [-0.2, 0) is 22.5 Å². The van der Waals surface area contributed by atoms with Gasteiger partial charge in [0.2, 0.25) is 5.78 Å². The van der Waals surface area contributed by atoms with Crippen LogP contribution >= 0.6 is 0 Å². The Hall–Kier alpha value is -3.22. The van der Waals surface area contributed by atoms with Gasteiger partial charge in [-0.1, -0.05) is 12.1 Å². The van der Waals surface area contributed by atoms with Crippen LogP contribution in [0.5, 0.6) is 0 Å². The van der Waals surface area contributed by atoms with Crippen LogP contribution in [0.25, 0.3) is 10.9 Å². The predicted octanol–water partition coefficient (Wildman–Crippen LogP) is 3.11. The molecule has 0 spiro atoms. The fourth-order valence-electron chi connectivity index (χ4n) is 3.52. The fourth-order valence-corrected chi connectivity index (χ4v) is 3.52. The summed E-state index contributed by atoms with van der Waals surface area (Å²) in [7, 11) is 0. The number of Topliss-reactive ketones (excluding diaryl/α,β-unsaturated/α-hetero) is 1. The van der Waals surface area contributed by atoms with Crippen LogP contribution in [-0.4, -0.2) is 32.9 Å². The van der Waals surface area contributed by atoms with E-state index in [4.69, 9.17) is 4.74 Å². The third kappa shape index (κ3) is 4.62. The minimum atomic E-state index is -0.439. The quantitative estimate of drug-likeness (QED) is 0.467. The van der Waals surface area contributed by atoms with Crippen molar-refractivity contribution in [3.8, 4) is 0 Å². The van der Waals surface area contributed by atoms with Gasteiger partial charge in [0.25, 0.3) is 5.56 Å². The van der Waals surface area contributed by atoms with Crippen LogP contribution in [0.2, 0.25) is 0 Å². The molecule has 3 rings (SSSR count). The second-order valence-corrected chi connectivity index (χ2v) is 7.00. The van der Waals surface area contributed by atoms with E-state index in [2.05, 4.69) is 9.97 Å². The Morgan fingerprint density at radius 1 is 1.21 bits per heavy atom. The van der Waals surface area contributed by atoms with Gasteiger partial charge in [-0.3, -0.25) is 14.4 Å². The molecule has 0 saturated heterocycles. The molecule has 0 aliphatic heterocycles. The highest BCUT2D eigenvalue weighted by atomic mass is 16.5. The Morgan fingerprint density at radius 2 is 1.97 bits per heavy atom. The largest absolute Gasteiger partial charge is 0.457 e. The lowest BCUT2D eigenvalue weighted by Crippen LogP contribution is -2.15. The number of H-pyrrole nitrogens is 1.